The van der Waals surface area contributed by atoms with E-state index in [0.717, 1.165) is 0 Å². The number of rotatable bonds is 2. The van der Waals surface area contributed by atoms with Gasteiger partial charge >= 0.3 is 0 Å². The van der Waals surface area contributed by atoms with Crippen molar-refractivity contribution in [3.05, 3.63) is 35.9 Å². The maximum absolute atomic E-state index is 5.58. The van der Waals surface area contributed by atoms with Crippen LogP contribution in [-0.2, 0) is 6.54 Å². The molecule has 0 aliphatic carbocycles. The first-order valence-corrected chi connectivity index (χ1v) is 3.87. The summed E-state index contributed by atoms with van der Waals surface area (Å²) in [6.45, 7) is 2.46. The summed E-state index contributed by atoms with van der Waals surface area (Å²) < 4.78 is 0. The third-order valence-corrected chi connectivity index (χ3v) is 1.44. The first kappa shape index (κ1) is 8.28. The van der Waals surface area contributed by atoms with Crippen molar-refractivity contribution < 1.29 is 0 Å². The standard InChI is InChI=1S/C9H10ClN/c1-8(10)11-7-9-5-3-2-4-6-9/h2-6H,7H2,1H3. The van der Waals surface area contributed by atoms with Gasteiger partial charge < -0.3 is 0 Å². The number of aliphatic imine (C=N–C) groups is 1. The second kappa shape index (κ2) is 4.14. The third kappa shape index (κ3) is 3.19. The van der Waals surface area contributed by atoms with Gasteiger partial charge in [0.2, 0.25) is 0 Å². The fourth-order valence-corrected chi connectivity index (χ4v) is 0.843. The van der Waals surface area contributed by atoms with Gasteiger partial charge in [0.05, 0.1) is 11.7 Å². The monoisotopic (exact) mass is 167 g/mol. The molecule has 0 saturated heterocycles. The molecule has 0 saturated carbocycles. The van der Waals surface area contributed by atoms with Gasteiger partial charge in [0.1, 0.15) is 0 Å². The third-order valence-electron chi connectivity index (χ3n) is 1.32. The molecule has 0 N–H and O–H groups in total. The van der Waals surface area contributed by atoms with Crippen LogP contribution in [0.15, 0.2) is 35.3 Å². The lowest BCUT2D eigenvalue weighted by atomic mass is 10.2. The summed E-state index contributed by atoms with van der Waals surface area (Å²) in [6, 6.07) is 10.0. The Morgan fingerprint density at radius 2 is 2.00 bits per heavy atom. The number of hydrogen-bond acceptors (Lipinski definition) is 1. The second-order valence-electron chi connectivity index (χ2n) is 2.30. The summed E-state index contributed by atoms with van der Waals surface area (Å²) in [6.07, 6.45) is 0. The lowest BCUT2D eigenvalue weighted by Crippen LogP contribution is -1.82. The molecule has 0 radical (unpaired) electrons. The van der Waals surface area contributed by atoms with Gasteiger partial charge in [-0.1, -0.05) is 41.9 Å². The van der Waals surface area contributed by atoms with Crippen molar-refractivity contribution in [3.8, 4) is 0 Å². The Balaban J connectivity index is 2.59. The molecule has 0 bridgehead atoms. The maximum atomic E-state index is 5.58. The number of halogens is 1. The van der Waals surface area contributed by atoms with E-state index in [1.807, 2.05) is 30.3 Å². The minimum Gasteiger partial charge on any atom is -0.273 e. The van der Waals surface area contributed by atoms with E-state index in [2.05, 4.69) is 4.99 Å². The van der Waals surface area contributed by atoms with Crippen molar-refractivity contribution in [1.29, 1.82) is 0 Å². The smallest absolute Gasteiger partial charge is 0.0976 e. The van der Waals surface area contributed by atoms with Crippen molar-refractivity contribution in [1.82, 2.24) is 0 Å². The zero-order valence-corrected chi connectivity index (χ0v) is 7.17. The highest BCUT2D eigenvalue weighted by Gasteiger charge is 1.87. The van der Waals surface area contributed by atoms with Crippen LogP contribution in [0.1, 0.15) is 12.5 Å². The normalized spacial score (nSPS) is 11.6. The van der Waals surface area contributed by atoms with E-state index in [4.69, 9.17) is 11.6 Å². The number of nitrogens with zero attached hydrogens (tertiary/aromatic N) is 1. The highest BCUT2D eigenvalue weighted by atomic mass is 35.5. The number of hydrogen-bond donors (Lipinski definition) is 0. The van der Waals surface area contributed by atoms with Crippen molar-refractivity contribution in [2.75, 3.05) is 0 Å². The van der Waals surface area contributed by atoms with Gasteiger partial charge in [-0.2, -0.15) is 0 Å². The molecular formula is C9H10ClN. The Labute approximate surface area is 71.7 Å². The number of benzene rings is 1. The summed E-state index contributed by atoms with van der Waals surface area (Å²) in [4.78, 5) is 4.08. The van der Waals surface area contributed by atoms with E-state index >= 15 is 0 Å². The van der Waals surface area contributed by atoms with Gasteiger partial charge in [0.25, 0.3) is 0 Å². The quantitative estimate of drug-likeness (QED) is 0.601. The van der Waals surface area contributed by atoms with Gasteiger partial charge in [-0.15, -0.1) is 0 Å². The van der Waals surface area contributed by atoms with Crippen LogP contribution in [0, 0.1) is 0 Å². The SMILES string of the molecule is CC(Cl)=NCc1ccccc1. The molecule has 0 aromatic heterocycles. The first-order chi connectivity index (χ1) is 5.29. The molecule has 58 valence electrons. The summed E-state index contributed by atoms with van der Waals surface area (Å²) in [5.41, 5.74) is 1.19. The topological polar surface area (TPSA) is 12.4 Å². The molecule has 1 aromatic rings. The summed E-state index contributed by atoms with van der Waals surface area (Å²) in [5, 5.41) is 0.605. The lowest BCUT2D eigenvalue weighted by molar-refractivity contribution is 1.07. The molecule has 0 amide bonds. The van der Waals surface area contributed by atoms with Crippen LogP contribution in [0.4, 0.5) is 0 Å². The fraction of sp³-hybridized carbons (Fsp3) is 0.222. The van der Waals surface area contributed by atoms with E-state index in [1.54, 1.807) is 6.92 Å². The molecule has 0 spiro atoms. The van der Waals surface area contributed by atoms with Gasteiger partial charge in [-0.3, -0.25) is 4.99 Å². The first-order valence-electron chi connectivity index (χ1n) is 3.49. The Morgan fingerprint density at radius 3 is 2.55 bits per heavy atom. The predicted octanol–water partition coefficient (Wildman–Crippen LogP) is 2.84. The minimum absolute atomic E-state index is 0.605. The van der Waals surface area contributed by atoms with Gasteiger partial charge in [0, 0.05) is 0 Å². The maximum Gasteiger partial charge on any atom is 0.0976 e. The fourth-order valence-electron chi connectivity index (χ4n) is 0.784. The van der Waals surface area contributed by atoms with Crippen LogP contribution in [-0.4, -0.2) is 5.17 Å². The average molecular weight is 168 g/mol. The minimum atomic E-state index is 0.605. The molecule has 0 aliphatic rings. The lowest BCUT2D eigenvalue weighted by Gasteiger charge is -1.93. The van der Waals surface area contributed by atoms with E-state index in [-0.39, 0.29) is 0 Å². The van der Waals surface area contributed by atoms with E-state index < -0.39 is 0 Å². The van der Waals surface area contributed by atoms with Crippen molar-refractivity contribution in [3.63, 3.8) is 0 Å². The Bertz CT molecular complexity index is 237. The highest BCUT2D eigenvalue weighted by molar-refractivity contribution is 6.64. The second-order valence-corrected chi connectivity index (χ2v) is 2.85. The van der Waals surface area contributed by atoms with Crippen LogP contribution in [0.3, 0.4) is 0 Å². The van der Waals surface area contributed by atoms with Crippen LogP contribution in [0.25, 0.3) is 0 Å². The zero-order valence-electron chi connectivity index (χ0n) is 6.42. The van der Waals surface area contributed by atoms with Crippen LogP contribution < -0.4 is 0 Å². The molecule has 0 heterocycles. The Morgan fingerprint density at radius 1 is 1.36 bits per heavy atom. The molecule has 0 fully saturated rings. The van der Waals surface area contributed by atoms with Crippen molar-refractivity contribution in [2.24, 2.45) is 4.99 Å². The molecule has 1 nitrogen and oxygen atoms in total. The highest BCUT2D eigenvalue weighted by Crippen LogP contribution is 2.00. The molecule has 1 aromatic carbocycles. The average Bonchev–Trinajstić information content (AvgIpc) is 2.03. The summed E-state index contributed by atoms with van der Waals surface area (Å²) in [7, 11) is 0. The van der Waals surface area contributed by atoms with E-state index in [0.29, 0.717) is 11.7 Å². The molecular weight excluding hydrogens is 158 g/mol. The Kier molecular flexibility index (Phi) is 3.12. The van der Waals surface area contributed by atoms with Gasteiger partial charge in [0.15, 0.2) is 0 Å². The van der Waals surface area contributed by atoms with Crippen LogP contribution in [0.5, 0.6) is 0 Å². The van der Waals surface area contributed by atoms with Crippen LogP contribution >= 0.6 is 11.6 Å². The molecule has 0 unspecified atom stereocenters. The molecule has 11 heavy (non-hydrogen) atoms. The van der Waals surface area contributed by atoms with Crippen molar-refractivity contribution >= 4 is 16.8 Å². The molecule has 0 atom stereocenters. The molecule has 1 rings (SSSR count). The van der Waals surface area contributed by atoms with Crippen LogP contribution in [0.2, 0.25) is 0 Å². The predicted molar refractivity (Wildman–Crippen MR) is 49.1 cm³/mol. The summed E-state index contributed by atoms with van der Waals surface area (Å²) >= 11 is 5.58. The largest absolute Gasteiger partial charge is 0.273 e. The zero-order chi connectivity index (χ0) is 8.10. The molecule has 2 heteroatoms. The van der Waals surface area contributed by atoms with E-state index in [9.17, 15) is 0 Å². The molecule has 0 aliphatic heterocycles. The van der Waals surface area contributed by atoms with E-state index in [1.165, 1.54) is 5.56 Å². The van der Waals surface area contributed by atoms with Gasteiger partial charge in [-0.25, -0.2) is 0 Å². The van der Waals surface area contributed by atoms with Gasteiger partial charge in [-0.05, 0) is 12.5 Å². The van der Waals surface area contributed by atoms with Crippen molar-refractivity contribution in [2.45, 2.75) is 13.5 Å². The summed E-state index contributed by atoms with van der Waals surface area (Å²) in [5.74, 6) is 0. The Hall–Kier alpha value is -0.820.